The van der Waals surface area contributed by atoms with Crippen LogP contribution in [0.15, 0.2) is 18.2 Å². The lowest BCUT2D eigenvalue weighted by Gasteiger charge is -2.36. The maximum absolute atomic E-state index is 11.7. The summed E-state index contributed by atoms with van der Waals surface area (Å²) in [4.78, 5) is 11.7. The van der Waals surface area contributed by atoms with E-state index < -0.39 is 8.32 Å². The number of Topliss-reactive ketones (excluding diaryl/α,β-unsaturated/α-hetero) is 1. The summed E-state index contributed by atoms with van der Waals surface area (Å²) in [5.74, 6) is 1.62. The van der Waals surface area contributed by atoms with Gasteiger partial charge in [0.15, 0.2) is 5.78 Å². The number of carbonyl (C=O) groups excluding carboxylic acids is 1. The lowest BCUT2D eigenvalue weighted by Crippen LogP contribution is -2.43. The van der Waals surface area contributed by atoms with Gasteiger partial charge in [0.1, 0.15) is 11.5 Å². The molecule has 3 nitrogen and oxygen atoms in total. The van der Waals surface area contributed by atoms with E-state index >= 15 is 0 Å². The van der Waals surface area contributed by atoms with Crippen LogP contribution in [0.1, 0.15) is 37.6 Å². The first kappa shape index (κ1) is 14.1. The Morgan fingerprint density at radius 2 is 1.95 bits per heavy atom. The van der Waals surface area contributed by atoms with Crippen molar-refractivity contribution in [3.8, 4) is 11.5 Å². The third-order valence-electron chi connectivity index (χ3n) is 4.02. The van der Waals surface area contributed by atoms with Gasteiger partial charge < -0.3 is 9.16 Å². The molecule has 0 aromatic heterocycles. The van der Waals surface area contributed by atoms with Crippen LogP contribution in [0.5, 0.6) is 11.5 Å². The van der Waals surface area contributed by atoms with Crippen LogP contribution in [-0.4, -0.2) is 20.7 Å². The predicted molar refractivity (Wildman–Crippen MR) is 78.7 cm³/mol. The summed E-state index contributed by atoms with van der Waals surface area (Å²) < 4.78 is 11.8. The van der Waals surface area contributed by atoms with Crippen LogP contribution < -0.4 is 9.16 Å². The van der Waals surface area contributed by atoms with E-state index in [9.17, 15) is 4.79 Å². The lowest BCUT2D eigenvalue weighted by molar-refractivity contribution is 0.0933. The molecular formula is C15H22O3Si. The molecule has 0 unspecified atom stereocenters. The maximum atomic E-state index is 11.7. The van der Waals surface area contributed by atoms with Crippen LogP contribution in [-0.2, 0) is 0 Å². The van der Waals surface area contributed by atoms with E-state index in [-0.39, 0.29) is 10.8 Å². The second-order valence-corrected chi connectivity index (χ2v) is 11.3. The molecule has 1 aromatic rings. The number of benzene rings is 1. The standard InChI is InChI=1S/C15H22O3Si/c1-15(2,3)19(4,5)18-11-6-7-12-13(16)8-9-17-14(12)10-11/h6-7,10H,8-9H2,1-5H3. The van der Waals surface area contributed by atoms with E-state index in [4.69, 9.17) is 9.16 Å². The van der Waals surface area contributed by atoms with Gasteiger partial charge in [0.05, 0.1) is 12.2 Å². The van der Waals surface area contributed by atoms with Gasteiger partial charge in [-0.25, -0.2) is 0 Å². The van der Waals surface area contributed by atoms with Gasteiger partial charge in [-0.05, 0) is 30.3 Å². The number of ether oxygens (including phenoxy) is 1. The van der Waals surface area contributed by atoms with Crippen molar-refractivity contribution in [1.82, 2.24) is 0 Å². The first-order valence-electron chi connectivity index (χ1n) is 6.70. The van der Waals surface area contributed by atoms with E-state index in [0.717, 1.165) is 5.75 Å². The number of carbonyl (C=O) groups is 1. The van der Waals surface area contributed by atoms with E-state index in [1.165, 1.54) is 0 Å². The van der Waals surface area contributed by atoms with Crippen molar-refractivity contribution in [2.75, 3.05) is 6.61 Å². The Hall–Kier alpha value is -1.29. The van der Waals surface area contributed by atoms with Crippen LogP contribution in [0.4, 0.5) is 0 Å². The van der Waals surface area contributed by atoms with Crippen LogP contribution in [0.3, 0.4) is 0 Å². The zero-order valence-corrected chi connectivity index (χ0v) is 13.4. The second kappa shape index (κ2) is 4.67. The fourth-order valence-electron chi connectivity index (χ4n) is 1.75. The molecule has 1 aliphatic rings. The summed E-state index contributed by atoms with van der Waals surface area (Å²) in [7, 11) is -1.85. The van der Waals surface area contributed by atoms with Crippen molar-refractivity contribution in [3.63, 3.8) is 0 Å². The minimum Gasteiger partial charge on any atom is -0.543 e. The number of ketones is 1. The molecule has 0 saturated carbocycles. The number of hydrogen-bond donors (Lipinski definition) is 0. The Labute approximate surface area is 116 Å². The van der Waals surface area contributed by atoms with Gasteiger partial charge in [-0.3, -0.25) is 4.79 Å². The second-order valence-electron chi connectivity index (χ2n) is 6.54. The molecule has 1 aromatic carbocycles. The van der Waals surface area contributed by atoms with Crippen molar-refractivity contribution >= 4 is 14.1 Å². The molecule has 0 saturated heterocycles. The monoisotopic (exact) mass is 278 g/mol. The van der Waals surface area contributed by atoms with Crippen LogP contribution in [0, 0.1) is 0 Å². The highest BCUT2D eigenvalue weighted by atomic mass is 28.4. The van der Waals surface area contributed by atoms with Crippen molar-refractivity contribution < 1.29 is 14.0 Å². The van der Waals surface area contributed by atoms with Crippen molar-refractivity contribution in [2.45, 2.75) is 45.3 Å². The van der Waals surface area contributed by atoms with Crippen molar-refractivity contribution in [3.05, 3.63) is 23.8 Å². The van der Waals surface area contributed by atoms with Gasteiger partial charge in [-0.15, -0.1) is 0 Å². The van der Waals surface area contributed by atoms with Gasteiger partial charge in [-0.2, -0.15) is 0 Å². The molecule has 19 heavy (non-hydrogen) atoms. The summed E-state index contributed by atoms with van der Waals surface area (Å²) in [6, 6.07) is 5.55. The van der Waals surface area contributed by atoms with Crippen molar-refractivity contribution in [2.24, 2.45) is 0 Å². The first-order valence-corrected chi connectivity index (χ1v) is 9.61. The lowest BCUT2D eigenvalue weighted by atomic mass is 10.1. The summed E-state index contributed by atoms with van der Waals surface area (Å²) in [5, 5.41) is 0.152. The zero-order chi connectivity index (χ0) is 14.3. The minimum atomic E-state index is -1.85. The zero-order valence-electron chi connectivity index (χ0n) is 12.4. The Bertz CT molecular complexity index is 501. The molecule has 104 valence electrons. The van der Waals surface area contributed by atoms with Gasteiger partial charge in [0.25, 0.3) is 0 Å². The molecule has 0 spiro atoms. The largest absolute Gasteiger partial charge is 0.543 e. The summed E-state index contributed by atoms with van der Waals surface area (Å²) in [5.41, 5.74) is 0.675. The average Bonchev–Trinajstić information content (AvgIpc) is 2.27. The third-order valence-corrected chi connectivity index (χ3v) is 8.38. The molecule has 0 atom stereocenters. The highest BCUT2D eigenvalue weighted by molar-refractivity contribution is 6.74. The summed E-state index contributed by atoms with van der Waals surface area (Å²) >= 11 is 0. The molecule has 0 fully saturated rings. The highest BCUT2D eigenvalue weighted by Crippen LogP contribution is 2.38. The van der Waals surface area contributed by atoms with E-state index in [1.54, 1.807) is 0 Å². The Balaban J connectivity index is 2.26. The molecule has 4 heteroatoms. The van der Waals surface area contributed by atoms with Crippen molar-refractivity contribution in [1.29, 1.82) is 0 Å². The van der Waals surface area contributed by atoms with Crippen LogP contribution in [0.2, 0.25) is 18.1 Å². The summed E-state index contributed by atoms with van der Waals surface area (Å²) in [6.45, 7) is 11.5. The molecule has 2 rings (SSSR count). The smallest absolute Gasteiger partial charge is 0.250 e. The Morgan fingerprint density at radius 3 is 2.58 bits per heavy atom. The van der Waals surface area contributed by atoms with Gasteiger partial charge in [-0.1, -0.05) is 20.8 Å². The number of rotatable bonds is 2. The molecule has 0 aliphatic carbocycles. The summed E-state index contributed by atoms with van der Waals surface area (Å²) in [6.07, 6.45) is 0.468. The van der Waals surface area contributed by atoms with Crippen LogP contribution >= 0.6 is 0 Å². The molecule has 1 aliphatic heterocycles. The van der Waals surface area contributed by atoms with Gasteiger partial charge in [0, 0.05) is 12.5 Å². The average molecular weight is 278 g/mol. The number of fused-ring (bicyclic) bond motifs is 1. The first-order chi connectivity index (χ1) is 8.71. The normalized spacial score (nSPS) is 15.7. The Kier molecular flexibility index (Phi) is 3.47. The topological polar surface area (TPSA) is 35.5 Å². The molecular weight excluding hydrogens is 256 g/mol. The molecule has 0 amide bonds. The quantitative estimate of drug-likeness (QED) is 0.766. The predicted octanol–water partition coefficient (Wildman–Crippen LogP) is 4.04. The minimum absolute atomic E-state index is 0.152. The molecule has 1 heterocycles. The number of hydrogen-bond acceptors (Lipinski definition) is 3. The SMILES string of the molecule is CC(C)(C)[Si](C)(C)Oc1ccc2c(c1)OCCC2=O. The van der Waals surface area contributed by atoms with E-state index in [0.29, 0.717) is 24.3 Å². The maximum Gasteiger partial charge on any atom is 0.250 e. The van der Waals surface area contributed by atoms with Gasteiger partial charge >= 0.3 is 0 Å². The molecule has 0 N–H and O–H groups in total. The third kappa shape index (κ3) is 2.83. The van der Waals surface area contributed by atoms with Crippen LogP contribution in [0.25, 0.3) is 0 Å². The Morgan fingerprint density at radius 1 is 1.26 bits per heavy atom. The van der Waals surface area contributed by atoms with Gasteiger partial charge in [0.2, 0.25) is 8.32 Å². The molecule has 0 radical (unpaired) electrons. The van der Waals surface area contributed by atoms with E-state index in [1.807, 2.05) is 18.2 Å². The fourth-order valence-corrected chi connectivity index (χ4v) is 2.77. The highest BCUT2D eigenvalue weighted by Gasteiger charge is 2.39. The van der Waals surface area contributed by atoms with E-state index in [2.05, 4.69) is 33.9 Å². The molecule has 0 bridgehead atoms. The fraction of sp³-hybridized carbons (Fsp3) is 0.533.